The van der Waals surface area contributed by atoms with Gasteiger partial charge in [-0.05, 0) is 31.0 Å². The van der Waals surface area contributed by atoms with Gasteiger partial charge in [-0.15, -0.1) is 0 Å². The van der Waals surface area contributed by atoms with Gasteiger partial charge < -0.3 is 15.2 Å². The van der Waals surface area contributed by atoms with Crippen LogP contribution in [0.2, 0.25) is 0 Å². The number of sulfone groups is 1. The van der Waals surface area contributed by atoms with Gasteiger partial charge in [-0.25, -0.2) is 23.4 Å². The van der Waals surface area contributed by atoms with Crippen LogP contribution in [0.4, 0.5) is 5.95 Å². The fraction of sp³-hybridized carbons (Fsp3) is 0.400. The van der Waals surface area contributed by atoms with Gasteiger partial charge in [0.25, 0.3) is 5.91 Å². The minimum Gasteiger partial charge on any atom is -0.365 e. The van der Waals surface area contributed by atoms with Gasteiger partial charge in [0.1, 0.15) is 5.82 Å². The summed E-state index contributed by atoms with van der Waals surface area (Å²) in [6.45, 7) is 7.17. The lowest BCUT2D eigenvalue weighted by molar-refractivity contribution is 0.0999. The standard InChI is InChI=1S/C20H24N6O3S/c1-11(2)17-19-24-15-6-5-13(30(4,28)29)9-16(15)25(19)7-8-26(17)20-22-10-14(18(21)27)12(3)23-20/h5-6,9-11,17H,7-8H2,1-4H3,(H2,21,27). The van der Waals surface area contributed by atoms with Crippen molar-refractivity contribution >= 4 is 32.7 Å². The van der Waals surface area contributed by atoms with Crippen molar-refractivity contribution in [3.63, 3.8) is 0 Å². The molecular weight excluding hydrogens is 404 g/mol. The Morgan fingerprint density at radius 2 is 1.97 bits per heavy atom. The zero-order valence-corrected chi connectivity index (χ0v) is 18.1. The van der Waals surface area contributed by atoms with E-state index in [0.717, 1.165) is 16.9 Å². The SMILES string of the molecule is Cc1nc(N2CCn3c(nc4ccc(S(C)(=O)=O)cc43)C2C(C)C)ncc1C(N)=O. The van der Waals surface area contributed by atoms with Crippen LogP contribution in [0.3, 0.4) is 0 Å². The molecule has 0 bridgehead atoms. The third kappa shape index (κ3) is 3.30. The molecule has 1 aliphatic heterocycles. The first kappa shape index (κ1) is 20.3. The number of carbonyl (C=O) groups is 1. The molecule has 0 saturated carbocycles. The highest BCUT2D eigenvalue weighted by molar-refractivity contribution is 7.90. The van der Waals surface area contributed by atoms with Crippen molar-refractivity contribution in [2.45, 2.75) is 38.3 Å². The van der Waals surface area contributed by atoms with Crippen molar-refractivity contribution in [3.8, 4) is 0 Å². The van der Waals surface area contributed by atoms with E-state index in [0.29, 0.717) is 30.3 Å². The van der Waals surface area contributed by atoms with Gasteiger partial charge in [-0.3, -0.25) is 4.79 Å². The number of aryl methyl sites for hydroxylation is 1. The summed E-state index contributed by atoms with van der Waals surface area (Å²) in [6.07, 6.45) is 2.67. The number of nitrogens with two attached hydrogens (primary N) is 1. The van der Waals surface area contributed by atoms with Crippen molar-refractivity contribution in [3.05, 3.63) is 41.5 Å². The smallest absolute Gasteiger partial charge is 0.252 e. The Balaban J connectivity index is 1.83. The Morgan fingerprint density at radius 1 is 1.23 bits per heavy atom. The first-order valence-corrected chi connectivity index (χ1v) is 11.6. The molecule has 0 aliphatic carbocycles. The van der Waals surface area contributed by atoms with Crippen LogP contribution in [0.5, 0.6) is 0 Å². The molecule has 0 saturated heterocycles. The molecule has 30 heavy (non-hydrogen) atoms. The molecule has 2 N–H and O–H groups in total. The molecule has 0 radical (unpaired) electrons. The van der Waals surface area contributed by atoms with E-state index in [1.54, 1.807) is 25.1 Å². The number of anilines is 1. The molecule has 1 atom stereocenters. The first-order chi connectivity index (χ1) is 14.1. The number of amides is 1. The maximum atomic E-state index is 12.0. The number of aromatic nitrogens is 4. The van der Waals surface area contributed by atoms with Gasteiger partial charge in [0.15, 0.2) is 9.84 Å². The third-order valence-corrected chi connectivity index (χ3v) is 6.57. The van der Waals surface area contributed by atoms with Gasteiger partial charge >= 0.3 is 0 Å². The largest absolute Gasteiger partial charge is 0.365 e. The average molecular weight is 429 g/mol. The Kier molecular flexibility index (Phi) is 4.76. The van der Waals surface area contributed by atoms with Crippen LogP contribution in [0, 0.1) is 12.8 Å². The minimum absolute atomic E-state index is 0.105. The maximum Gasteiger partial charge on any atom is 0.252 e. The number of imidazole rings is 1. The summed E-state index contributed by atoms with van der Waals surface area (Å²) in [5, 5.41) is 0. The molecule has 2 aromatic heterocycles. The van der Waals surface area contributed by atoms with Crippen LogP contribution in [0.15, 0.2) is 29.3 Å². The average Bonchev–Trinajstić information content (AvgIpc) is 3.03. The minimum atomic E-state index is -3.31. The Morgan fingerprint density at radius 3 is 2.57 bits per heavy atom. The van der Waals surface area contributed by atoms with Gasteiger partial charge in [0, 0.05) is 25.5 Å². The van der Waals surface area contributed by atoms with E-state index >= 15 is 0 Å². The number of carbonyl (C=O) groups excluding carboxylic acids is 1. The predicted octanol–water partition coefficient (Wildman–Crippen LogP) is 1.85. The molecule has 0 fully saturated rings. The van der Waals surface area contributed by atoms with Crippen LogP contribution in [-0.4, -0.2) is 46.6 Å². The highest BCUT2D eigenvalue weighted by Crippen LogP contribution is 2.36. The zero-order valence-electron chi connectivity index (χ0n) is 17.3. The molecule has 4 rings (SSSR count). The lowest BCUT2D eigenvalue weighted by Gasteiger charge is -2.38. The van der Waals surface area contributed by atoms with Crippen LogP contribution in [0.1, 0.15) is 41.8 Å². The van der Waals surface area contributed by atoms with Gasteiger partial charge in [0.05, 0.1) is 33.2 Å². The second kappa shape index (κ2) is 7.05. The first-order valence-electron chi connectivity index (χ1n) is 9.68. The molecule has 9 nitrogen and oxygen atoms in total. The maximum absolute atomic E-state index is 12.0. The summed E-state index contributed by atoms with van der Waals surface area (Å²) < 4.78 is 26.1. The number of nitrogens with zero attached hydrogens (tertiary/aromatic N) is 5. The molecule has 1 unspecified atom stereocenters. The topological polar surface area (TPSA) is 124 Å². The third-order valence-electron chi connectivity index (χ3n) is 5.46. The summed E-state index contributed by atoms with van der Waals surface area (Å²) in [6, 6.07) is 4.93. The highest BCUT2D eigenvalue weighted by Gasteiger charge is 2.34. The molecule has 1 aliphatic rings. The molecule has 0 spiro atoms. The van der Waals surface area contributed by atoms with Gasteiger partial charge in [0.2, 0.25) is 5.95 Å². The van der Waals surface area contributed by atoms with Gasteiger partial charge in [-0.2, -0.15) is 0 Å². The lowest BCUT2D eigenvalue weighted by atomic mass is 10.00. The van der Waals surface area contributed by atoms with Crippen LogP contribution in [0.25, 0.3) is 11.0 Å². The molecule has 1 amide bonds. The zero-order chi connectivity index (χ0) is 21.8. The number of rotatable bonds is 4. The number of fused-ring (bicyclic) bond motifs is 3. The molecule has 1 aromatic carbocycles. The van der Waals surface area contributed by atoms with Crippen LogP contribution < -0.4 is 10.6 Å². The molecule has 3 heterocycles. The predicted molar refractivity (Wildman–Crippen MR) is 113 cm³/mol. The van der Waals surface area contributed by atoms with E-state index in [2.05, 4.69) is 33.3 Å². The Bertz CT molecular complexity index is 1270. The van der Waals surface area contributed by atoms with Crippen molar-refractivity contribution in [1.82, 2.24) is 19.5 Å². The van der Waals surface area contributed by atoms with Crippen molar-refractivity contribution in [2.24, 2.45) is 11.7 Å². The summed E-state index contributed by atoms with van der Waals surface area (Å²) in [5.74, 6) is 1.00. The monoisotopic (exact) mass is 428 g/mol. The lowest BCUT2D eigenvalue weighted by Crippen LogP contribution is -2.42. The van der Waals surface area contributed by atoms with Crippen molar-refractivity contribution in [1.29, 1.82) is 0 Å². The molecule has 10 heteroatoms. The summed E-state index contributed by atoms with van der Waals surface area (Å²) in [4.78, 5) is 27.6. The summed E-state index contributed by atoms with van der Waals surface area (Å²) in [5.41, 5.74) is 7.78. The van der Waals surface area contributed by atoms with E-state index in [1.165, 1.54) is 12.5 Å². The van der Waals surface area contributed by atoms with Gasteiger partial charge in [-0.1, -0.05) is 13.8 Å². The van der Waals surface area contributed by atoms with E-state index in [-0.39, 0.29) is 16.9 Å². The Labute approximate surface area is 174 Å². The number of primary amides is 1. The van der Waals surface area contributed by atoms with Crippen molar-refractivity contribution in [2.75, 3.05) is 17.7 Å². The molecule has 3 aromatic rings. The van der Waals surface area contributed by atoms with Crippen LogP contribution in [-0.2, 0) is 16.4 Å². The fourth-order valence-electron chi connectivity index (χ4n) is 4.02. The number of benzene rings is 1. The quantitative estimate of drug-likeness (QED) is 0.672. The summed E-state index contributed by atoms with van der Waals surface area (Å²) >= 11 is 0. The second-order valence-corrected chi connectivity index (χ2v) is 9.98. The van der Waals surface area contributed by atoms with E-state index in [4.69, 9.17) is 10.7 Å². The second-order valence-electron chi connectivity index (χ2n) is 7.96. The van der Waals surface area contributed by atoms with E-state index in [1.807, 2.05) is 0 Å². The van der Waals surface area contributed by atoms with Crippen molar-refractivity contribution < 1.29 is 13.2 Å². The summed E-state index contributed by atoms with van der Waals surface area (Å²) in [7, 11) is -3.31. The van der Waals surface area contributed by atoms with Crippen LogP contribution >= 0.6 is 0 Å². The molecular formula is C20H24N6O3S. The fourth-order valence-corrected chi connectivity index (χ4v) is 4.66. The molecule has 158 valence electrons. The number of hydrogen-bond acceptors (Lipinski definition) is 7. The normalized spacial score (nSPS) is 16.8. The highest BCUT2D eigenvalue weighted by atomic mass is 32.2. The van der Waals surface area contributed by atoms with E-state index < -0.39 is 15.7 Å². The number of hydrogen-bond donors (Lipinski definition) is 1. The Hall–Kier alpha value is -3.01. The van der Waals surface area contributed by atoms with E-state index in [9.17, 15) is 13.2 Å².